The lowest BCUT2D eigenvalue weighted by molar-refractivity contribution is -0.130. The van der Waals surface area contributed by atoms with Gasteiger partial charge < -0.3 is 15.1 Å². The Kier molecular flexibility index (Phi) is 5.10. The SMILES string of the molecule is O=C(CNCc1ccncc1)N1CCN(c2ncccn2)CC1. The van der Waals surface area contributed by atoms with Crippen molar-refractivity contribution in [3.8, 4) is 0 Å². The molecule has 0 spiro atoms. The van der Waals surface area contributed by atoms with Crippen LogP contribution in [0.25, 0.3) is 0 Å². The van der Waals surface area contributed by atoms with Crippen LogP contribution in [0.3, 0.4) is 0 Å². The van der Waals surface area contributed by atoms with Crippen LogP contribution in [-0.2, 0) is 11.3 Å². The number of carbonyl (C=O) groups excluding carboxylic acids is 1. The van der Waals surface area contributed by atoms with Crippen molar-refractivity contribution in [3.05, 3.63) is 48.5 Å². The number of anilines is 1. The maximum Gasteiger partial charge on any atom is 0.236 e. The quantitative estimate of drug-likeness (QED) is 0.856. The van der Waals surface area contributed by atoms with E-state index >= 15 is 0 Å². The molecule has 1 saturated heterocycles. The van der Waals surface area contributed by atoms with Gasteiger partial charge in [-0.25, -0.2) is 9.97 Å². The molecule has 0 aromatic carbocycles. The van der Waals surface area contributed by atoms with Gasteiger partial charge in [0.25, 0.3) is 0 Å². The highest BCUT2D eigenvalue weighted by Gasteiger charge is 2.21. The molecule has 3 heterocycles. The first-order valence-corrected chi connectivity index (χ1v) is 7.72. The van der Waals surface area contributed by atoms with Gasteiger partial charge in [-0.1, -0.05) is 0 Å². The summed E-state index contributed by atoms with van der Waals surface area (Å²) in [5.74, 6) is 0.864. The van der Waals surface area contributed by atoms with E-state index in [0.29, 0.717) is 26.2 Å². The van der Waals surface area contributed by atoms with Crippen LogP contribution in [0.15, 0.2) is 43.0 Å². The maximum absolute atomic E-state index is 12.2. The lowest BCUT2D eigenvalue weighted by Crippen LogP contribution is -2.51. The predicted molar refractivity (Wildman–Crippen MR) is 86.8 cm³/mol. The van der Waals surface area contributed by atoms with Crippen LogP contribution < -0.4 is 10.2 Å². The Morgan fingerprint density at radius 2 is 1.74 bits per heavy atom. The molecule has 23 heavy (non-hydrogen) atoms. The van der Waals surface area contributed by atoms with Crippen molar-refractivity contribution >= 4 is 11.9 Å². The molecule has 1 amide bonds. The van der Waals surface area contributed by atoms with Gasteiger partial charge in [-0.15, -0.1) is 0 Å². The molecule has 0 saturated carbocycles. The van der Waals surface area contributed by atoms with Gasteiger partial charge in [0.05, 0.1) is 6.54 Å². The molecule has 0 bridgehead atoms. The summed E-state index contributed by atoms with van der Waals surface area (Å²) in [5.41, 5.74) is 1.12. The average molecular weight is 312 g/mol. The van der Waals surface area contributed by atoms with Crippen molar-refractivity contribution in [2.75, 3.05) is 37.6 Å². The average Bonchev–Trinajstić information content (AvgIpc) is 2.63. The van der Waals surface area contributed by atoms with Gasteiger partial charge in [0, 0.05) is 57.5 Å². The van der Waals surface area contributed by atoms with Crippen molar-refractivity contribution in [3.63, 3.8) is 0 Å². The summed E-state index contributed by atoms with van der Waals surface area (Å²) in [5, 5.41) is 3.18. The number of rotatable bonds is 5. The molecule has 1 fully saturated rings. The van der Waals surface area contributed by atoms with Crippen molar-refractivity contribution < 1.29 is 4.79 Å². The van der Waals surface area contributed by atoms with E-state index in [-0.39, 0.29) is 5.91 Å². The number of pyridine rings is 1. The number of amides is 1. The first-order valence-electron chi connectivity index (χ1n) is 7.72. The second-order valence-electron chi connectivity index (χ2n) is 5.38. The van der Waals surface area contributed by atoms with Gasteiger partial charge in [0.1, 0.15) is 0 Å². The fourth-order valence-corrected chi connectivity index (χ4v) is 2.54. The summed E-state index contributed by atoms with van der Waals surface area (Å²) in [6.45, 7) is 3.96. The number of piperazine rings is 1. The van der Waals surface area contributed by atoms with Gasteiger partial charge in [-0.3, -0.25) is 9.78 Å². The molecule has 120 valence electrons. The van der Waals surface area contributed by atoms with Gasteiger partial charge in [0.2, 0.25) is 11.9 Å². The van der Waals surface area contributed by atoms with Crippen LogP contribution in [0.2, 0.25) is 0 Å². The summed E-state index contributed by atoms with van der Waals surface area (Å²) in [4.78, 5) is 28.7. The molecule has 1 aliphatic rings. The molecule has 3 rings (SSSR count). The molecule has 2 aromatic rings. The smallest absolute Gasteiger partial charge is 0.236 e. The second-order valence-corrected chi connectivity index (χ2v) is 5.38. The first-order chi connectivity index (χ1) is 11.3. The van der Waals surface area contributed by atoms with Crippen LogP contribution in [0.4, 0.5) is 5.95 Å². The van der Waals surface area contributed by atoms with Crippen molar-refractivity contribution in [1.82, 2.24) is 25.2 Å². The van der Waals surface area contributed by atoms with E-state index in [1.807, 2.05) is 17.0 Å². The summed E-state index contributed by atoms with van der Waals surface area (Å²) in [6.07, 6.45) is 6.99. The monoisotopic (exact) mass is 312 g/mol. The standard InChI is InChI=1S/C16H20N6O/c23-15(13-18-12-14-2-6-17-7-3-14)21-8-10-22(11-9-21)16-19-4-1-5-20-16/h1-7,18H,8-13H2. The minimum Gasteiger partial charge on any atom is -0.338 e. The lowest BCUT2D eigenvalue weighted by atomic mass is 10.2. The fourth-order valence-electron chi connectivity index (χ4n) is 2.54. The zero-order valence-electron chi connectivity index (χ0n) is 12.9. The van der Waals surface area contributed by atoms with Gasteiger partial charge in [-0.2, -0.15) is 0 Å². The van der Waals surface area contributed by atoms with Crippen molar-refractivity contribution in [2.24, 2.45) is 0 Å². The highest BCUT2D eigenvalue weighted by molar-refractivity contribution is 5.78. The Bertz CT molecular complexity index is 613. The zero-order chi connectivity index (χ0) is 15.9. The highest BCUT2D eigenvalue weighted by Crippen LogP contribution is 2.09. The predicted octanol–water partition coefficient (Wildman–Crippen LogP) is 0.310. The molecule has 0 atom stereocenters. The van der Waals surface area contributed by atoms with E-state index < -0.39 is 0 Å². The topological polar surface area (TPSA) is 74.2 Å². The Morgan fingerprint density at radius 1 is 1.04 bits per heavy atom. The molecular formula is C16H20N6O. The number of nitrogens with zero attached hydrogens (tertiary/aromatic N) is 5. The molecular weight excluding hydrogens is 292 g/mol. The van der Waals surface area contributed by atoms with Gasteiger partial charge in [-0.05, 0) is 23.8 Å². The number of hydrogen-bond donors (Lipinski definition) is 1. The van der Waals surface area contributed by atoms with E-state index in [0.717, 1.165) is 24.6 Å². The molecule has 1 aliphatic heterocycles. The maximum atomic E-state index is 12.2. The summed E-state index contributed by atoms with van der Waals surface area (Å²) < 4.78 is 0. The molecule has 1 N–H and O–H groups in total. The van der Waals surface area contributed by atoms with Crippen LogP contribution in [0, 0.1) is 0 Å². The third kappa shape index (κ3) is 4.23. The van der Waals surface area contributed by atoms with Crippen molar-refractivity contribution in [1.29, 1.82) is 0 Å². The second kappa shape index (κ2) is 7.64. The van der Waals surface area contributed by atoms with Gasteiger partial charge in [0.15, 0.2) is 0 Å². The normalized spacial score (nSPS) is 14.8. The Hall–Kier alpha value is -2.54. The Balaban J connectivity index is 1.41. The Labute approximate surface area is 135 Å². The molecule has 0 unspecified atom stereocenters. The largest absolute Gasteiger partial charge is 0.338 e. The molecule has 2 aromatic heterocycles. The zero-order valence-corrected chi connectivity index (χ0v) is 12.9. The minimum absolute atomic E-state index is 0.132. The number of carbonyl (C=O) groups is 1. The minimum atomic E-state index is 0.132. The molecule has 0 radical (unpaired) electrons. The van der Waals surface area contributed by atoms with Crippen LogP contribution in [0.1, 0.15) is 5.56 Å². The van der Waals surface area contributed by atoms with E-state index in [1.165, 1.54) is 0 Å². The first kappa shape index (κ1) is 15.4. The van der Waals surface area contributed by atoms with E-state index in [1.54, 1.807) is 30.9 Å². The molecule has 0 aliphatic carbocycles. The molecule has 7 nitrogen and oxygen atoms in total. The highest BCUT2D eigenvalue weighted by atomic mass is 16.2. The molecule has 7 heteroatoms. The Morgan fingerprint density at radius 3 is 2.43 bits per heavy atom. The summed E-state index contributed by atoms with van der Waals surface area (Å²) in [6, 6.07) is 5.68. The van der Waals surface area contributed by atoms with E-state index in [9.17, 15) is 4.79 Å². The third-order valence-electron chi connectivity index (χ3n) is 3.82. The number of hydrogen-bond acceptors (Lipinski definition) is 6. The fraction of sp³-hybridized carbons (Fsp3) is 0.375. The third-order valence-corrected chi connectivity index (χ3v) is 3.82. The lowest BCUT2D eigenvalue weighted by Gasteiger charge is -2.34. The van der Waals surface area contributed by atoms with Crippen molar-refractivity contribution in [2.45, 2.75) is 6.54 Å². The summed E-state index contributed by atoms with van der Waals surface area (Å²) >= 11 is 0. The van der Waals surface area contributed by atoms with Gasteiger partial charge >= 0.3 is 0 Å². The number of aromatic nitrogens is 3. The summed E-state index contributed by atoms with van der Waals surface area (Å²) in [7, 11) is 0. The van der Waals surface area contributed by atoms with E-state index in [4.69, 9.17) is 0 Å². The van der Waals surface area contributed by atoms with E-state index in [2.05, 4.69) is 25.2 Å². The van der Waals surface area contributed by atoms with Crippen LogP contribution in [-0.4, -0.2) is 58.5 Å². The van der Waals surface area contributed by atoms with Crippen LogP contribution >= 0.6 is 0 Å². The number of nitrogens with one attached hydrogen (secondary N) is 1. The van der Waals surface area contributed by atoms with Crippen LogP contribution in [0.5, 0.6) is 0 Å².